The second-order valence-corrected chi connectivity index (χ2v) is 4.67. The maximum atomic E-state index is 2.46. The van der Waals surface area contributed by atoms with E-state index in [2.05, 4.69) is 25.8 Å². The average Bonchev–Trinajstić information content (AvgIpc) is 1.92. The van der Waals surface area contributed by atoms with Gasteiger partial charge < -0.3 is 4.90 Å². The molecule has 1 aliphatic rings. The summed E-state index contributed by atoms with van der Waals surface area (Å²) in [7, 11) is 2.24. The number of hydrogen-bond donors (Lipinski definition) is 0. The van der Waals surface area contributed by atoms with Crippen LogP contribution < -0.4 is 0 Å². The fraction of sp³-hybridized carbons (Fsp3) is 1.00. The molecule has 1 rings (SSSR count). The zero-order chi connectivity index (χ0) is 8.32. The van der Waals surface area contributed by atoms with E-state index in [1.807, 2.05) is 0 Å². The third kappa shape index (κ3) is 3.24. The quantitative estimate of drug-likeness (QED) is 0.519. The Kier molecular flexibility index (Phi) is 2.94. The fourth-order valence-corrected chi connectivity index (χ4v) is 1.72. The third-order valence-corrected chi connectivity index (χ3v) is 2.81. The molecule has 11 heavy (non-hydrogen) atoms. The molecule has 0 atom stereocenters. The van der Waals surface area contributed by atoms with Gasteiger partial charge in [0.15, 0.2) is 0 Å². The highest BCUT2D eigenvalue weighted by molar-refractivity contribution is 4.73. The average molecular weight is 155 g/mol. The highest BCUT2D eigenvalue weighted by Crippen LogP contribution is 2.28. The minimum absolute atomic E-state index is 0.592. The maximum Gasteiger partial charge on any atom is -0.00167 e. The first-order chi connectivity index (χ1) is 5.10. The van der Waals surface area contributed by atoms with Crippen molar-refractivity contribution < 1.29 is 0 Å². The molecule has 0 unspecified atom stereocenters. The van der Waals surface area contributed by atoms with Crippen LogP contribution in [0.3, 0.4) is 0 Å². The smallest absolute Gasteiger partial charge is 0.00167 e. The third-order valence-electron chi connectivity index (χ3n) is 2.81. The Balaban J connectivity index is 2.38. The van der Waals surface area contributed by atoms with Crippen molar-refractivity contribution in [1.29, 1.82) is 0 Å². The first kappa shape index (κ1) is 9.05. The maximum absolute atomic E-state index is 2.46. The summed E-state index contributed by atoms with van der Waals surface area (Å²) in [5.41, 5.74) is 0.592. The van der Waals surface area contributed by atoms with Crippen LogP contribution >= 0.6 is 0 Å². The van der Waals surface area contributed by atoms with E-state index < -0.39 is 0 Å². The van der Waals surface area contributed by atoms with E-state index in [-0.39, 0.29) is 0 Å². The van der Waals surface area contributed by atoms with Crippen molar-refractivity contribution in [1.82, 2.24) is 4.90 Å². The monoisotopic (exact) mass is 155 g/mol. The zero-order valence-corrected chi connectivity index (χ0v) is 8.19. The highest BCUT2D eigenvalue weighted by Gasteiger charge is 2.19. The van der Waals surface area contributed by atoms with Crippen LogP contribution in [-0.2, 0) is 0 Å². The topological polar surface area (TPSA) is 3.24 Å². The lowest BCUT2D eigenvalue weighted by Gasteiger charge is -2.30. The summed E-state index contributed by atoms with van der Waals surface area (Å²) in [6.45, 7) is 7.38. The van der Waals surface area contributed by atoms with Gasteiger partial charge in [-0.3, -0.25) is 0 Å². The molecule has 66 valence electrons. The Morgan fingerprint density at radius 2 is 1.73 bits per heavy atom. The zero-order valence-electron chi connectivity index (χ0n) is 8.19. The Hall–Kier alpha value is -0.0400. The van der Waals surface area contributed by atoms with E-state index in [4.69, 9.17) is 0 Å². The van der Waals surface area contributed by atoms with Crippen molar-refractivity contribution in [3.8, 4) is 0 Å². The van der Waals surface area contributed by atoms with Gasteiger partial charge in [0.1, 0.15) is 0 Å². The van der Waals surface area contributed by atoms with E-state index in [0.29, 0.717) is 5.41 Å². The first-order valence-electron chi connectivity index (χ1n) is 4.79. The Labute approximate surface area is 70.8 Å². The second kappa shape index (κ2) is 3.57. The number of nitrogens with zero attached hydrogens (tertiary/aromatic N) is 1. The number of hydrogen-bond acceptors (Lipinski definition) is 1. The fourth-order valence-electron chi connectivity index (χ4n) is 1.72. The van der Waals surface area contributed by atoms with E-state index in [1.54, 1.807) is 0 Å². The number of rotatable bonds is 0. The molecular formula is C10H21N. The molecule has 0 aliphatic carbocycles. The lowest BCUT2D eigenvalue weighted by molar-refractivity contribution is 0.201. The summed E-state index contributed by atoms with van der Waals surface area (Å²) in [5.74, 6) is 0. The van der Waals surface area contributed by atoms with Crippen LogP contribution in [0.2, 0.25) is 0 Å². The van der Waals surface area contributed by atoms with Gasteiger partial charge in [-0.25, -0.2) is 0 Å². The van der Waals surface area contributed by atoms with E-state index >= 15 is 0 Å². The summed E-state index contributed by atoms with van der Waals surface area (Å²) >= 11 is 0. The molecule has 1 saturated heterocycles. The second-order valence-electron chi connectivity index (χ2n) is 4.67. The van der Waals surface area contributed by atoms with Gasteiger partial charge in [-0.2, -0.15) is 0 Å². The van der Waals surface area contributed by atoms with Crippen LogP contribution in [0.5, 0.6) is 0 Å². The molecule has 0 saturated carbocycles. The van der Waals surface area contributed by atoms with Crippen LogP contribution in [0.25, 0.3) is 0 Å². The standard InChI is InChI=1S/C10H21N/c1-10(2)6-4-5-8-11(3)9-7-10/h4-9H2,1-3H3. The highest BCUT2D eigenvalue weighted by atomic mass is 15.1. The van der Waals surface area contributed by atoms with Crippen molar-refractivity contribution >= 4 is 0 Å². The summed E-state index contributed by atoms with van der Waals surface area (Å²) in [4.78, 5) is 2.46. The molecule has 0 spiro atoms. The van der Waals surface area contributed by atoms with E-state index in [1.165, 1.54) is 38.8 Å². The molecule has 0 bridgehead atoms. The molecule has 0 amide bonds. The van der Waals surface area contributed by atoms with Crippen LogP contribution in [0.4, 0.5) is 0 Å². The Bertz CT molecular complexity index is 118. The Morgan fingerprint density at radius 3 is 2.45 bits per heavy atom. The number of likely N-dealkylation sites (tertiary alicyclic amines) is 1. The molecule has 0 aromatic rings. The molecule has 0 radical (unpaired) electrons. The van der Waals surface area contributed by atoms with Gasteiger partial charge in [0, 0.05) is 0 Å². The van der Waals surface area contributed by atoms with Crippen LogP contribution in [0.1, 0.15) is 39.5 Å². The van der Waals surface area contributed by atoms with Crippen molar-refractivity contribution in [2.45, 2.75) is 39.5 Å². The van der Waals surface area contributed by atoms with E-state index in [0.717, 1.165) is 0 Å². The first-order valence-corrected chi connectivity index (χ1v) is 4.79. The van der Waals surface area contributed by atoms with E-state index in [9.17, 15) is 0 Å². The normalized spacial score (nSPS) is 27.5. The minimum Gasteiger partial charge on any atom is -0.306 e. The van der Waals surface area contributed by atoms with Gasteiger partial charge in [0.05, 0.1) is 0 Å². The van der Waals surface area contributed by atoms with Gasteiger partial charge in [0.2, 0.25) is 0 Å². The van der Waals surface area contributed by atoms with Crippen LogP contribution in [-0.4, -0.2) is 25.0 Å². The molecule has 1 fully saturated rings. The summed E-state index contributed by atoms with van der Waals surface area (Å²) < 4.78 is 0. The van der Waals surface area contributed by atoms with Crippen molar-refractivity contribution in [2.24, 2.45) is 5.41 Å². The van der Waals surface area contributed by atoms with Gasteiger partial charge in [-0.15, -0.1) is 0 Å². The molecule has 1 heterocycles. The molecule has 1 nitrogen and oxygen atoms in total. The molecule has 1 heteroatoms. The molecular weight excluding hydrogens is 134 g/mol. The SMILES string of the molecule is CN1CCCCC(C)(C)CC1. The van der Waals surface area contributed by atoms with Gasteiger partial charge >= 0.3 is 0 Å². The van der Waals surface area contributed by atoms with Gasteiger partial charge in [-0.1, -0.05) is 20.3 Å². The summed E-state index contributed by atoms with van der Waals surface area (Å²) in [6, 6.07) is 0. The molecule has 0 N–H and O–H groups in total. The minimum atomic E-state index is 0.592. The molecule has 0 aromatic carbocycles. The lowest BCUT2D eigenvalue weighted by atomic mass is 9.83. The van der Waals surface area contributed by atoms with Crippen LogP contribution in [0.15, 0.2) is 0 Å². The van der Waals surface area contributed by atoms with Crippen molar-refractivity contribution in [3.05, 3.63) is 0 Å². The lowest BCUT2D eigenvalue weighted by Crippen LogP contribution is -2.28. The van der Waals surface area contributed by atoms with Gasteiger partial charge in [-0.05, 0) is 44.8 Å². The van der Waals surface area contributed by atoms with Crippen molar-refractivity contribution in [2.75, 3.05) is 20.1 Å². The van der Waals surface area contributed by atoms with Gasteiger partial charge in [0.25, 0.3) is 0 Å². The van der Waals surface area contributed by atoms with Crippen molar-refractivity contribution in [3.63, 3.8) is 0 Å². The molecule has 1 aliphatic heterocycles. The largest absolute Gasteiger partial charge is 0.306 e. The Morgan fingerprint density at radius 1 is 1.00 bits per heavy atom. The predicted molar refractivity (Wildman–Crippen MR) is 49.7 cm³/mol. The van der Waals surface area contributed by atoms with Crippen LogP contribution in [0, 0.1) is 5.41 Å². The molecule has 0 aromatic heterocycles. The predicted octanol–water partition coefficient (Wildman–Crippen LogP) is 2.52. The summed E-state index contributed by atoms with van der Waals surface area (Å²) in [6.07, 6.45) is 5.58. The summed E-state index contributed by atoms with van der Waals surface area (Å²) in [5, 5.41) is 0.